The first-order valence-corrected chi connectivity index (χ1v) is 3.80. The van der Waals surface area contributed by atoms with E-state index in [9.17, 15) is 4.79 Å². The van der Waals surface area contributed by atoms with Gasteiger partial charge in [0.15, 0.2) is 5.76 Å². The monoisotopic (exact) mass is 143 g/mol. The van der Waals surface area contributed by atoms with Gasteiger partial charge in [-0.05, 0) is 0 Å². The Morgan fingerprint density at radius 2 is 2.44 bits per heavy atom. The van der Waals surface area contributed by atoms with Crippen LogP contribution in [0, 0.1) is 0 Å². The van der Waals surface area contributed by atoms with E-state index in [-0.39, 0.29) is 5.56 Å². The zero-order chi connectivity index (χ0) is 6.27. The molecule has 0 fully saturated rings. The van der Waals surface area contributed by atoms with Crippen LogP contribution in [0.2, 0.25) is 0 Å². The zero-order valence-electron chi connectivity index (χ0n) is 4.64. The number of rotatable bonds is 0. The second-order valence-corrected chi connectivity index (χ2v) is 2.91. The maximum absolute atomic E-state index is 10.7. The lowest BCUT2D eigenvalue weighted by Crippen LogP contribution is -2.02. The Labute approximate surface area is 55.4 Å². The topological polar surface area (TPSA) is 46.0 Å². The molecule has 2 heterocycles. The van der Waals surface area contributed by atoms with Gasteiger partial charge < -0.3 is 4.52 Å². The van der Waals surface area contributed by atoms with Crippen LogP contribution in [-0.2, 0) is 11.5 Å². The number of aromatic nitrogens is 1. The first kappa shape index (κ1) is 5.17. The van der Waals surface area contributed by atoms with E-state index in [4.69, 9.17) is 4.52 Å². The van der Waals surface area contributed by atoms with Crippen molar-refractivity contribution in [3.63, 3.8) is 0 Å². The van der Waals surface area contributed by atoms with Gasteiger partial charge in [-0.2, -0.15) is 5.16 Å². The molecule has 48 valence electrons. The standard InChI is InChI=1S/C5H5NO2S/c7-5-3-1-9-2-4(3)8-6-5/h1-2H2,(H,6,7). The van der Waals surface area contributed by atoms with Crippen LogP contribution in [0.15, 0.2) is 9.32 Å². The lowest BCUT2D eigenvalue weighted by atomic mass is 10.3. The summed E-state index contributed by atoms with van der Waals surface area (Å²) in [6.45, 7) is 0. The molecule has 0 saturated carbocycles. The number of hydrogen-bond donors (Lipinski definition) is 1. The van der Waals surface area contributed by atoms with Gasteiger partial charge in [0.1, 0.15) is 0 Å². The number of H-pyrrole nitrogens is 1. The number of aromatic amines is 1. The maximum Gasteiger partial charge on any atom is 0.284 e. The molecule has 4 heteroatoms. The van der Waals surface area contributed by atoms with Crippen LogP contribution in [0.25, 0.3) is 0 Å². The summed E-state index contributed by atoms with van der Waals surface area (Å²) >= 11 is 1.71. The normalized spacial score (nSPS) is 16.0. The molecule has 0 atom stereocenters. The second-order valence-electron chi connectivity index (χ2n) is 1.93. The highest BCUT2D eigenvalue weighted by atomic mass is 32.2. The molecule has 0 spiro atoms. The summed E-state index contributed by atoms with van der Waals surface area (Å²) in [5, 5.41) is 2.30. The van der Waals surface area contributed by atoms with E-state index in [0.29, 0.717) is 0 Å². The van der Waals surface area contributed by atoms with Crippen LogP contribution < -0.4 is 5.56 Å². The number of fused-ring (bicyclic) bond motifs is 1. The summed E-state index contributed by atoms with van der Waals surface area (Å²) < 4.78 is 4.85. The predicted octanol–water partition coefficient (Wildman–Crippen LogP) is 0.715. The first-order valence-electron chi connectivity index (χ1n) is 2.65. The Hall–Kier alpha value is -0.640. The third-order valence-corrected chi connectivity index (χ3v) is 2.32. The van der Waals surface area contributed by atoms with Gasteiger partial charge in [0, 0.05) is 5.75 Å². The highest BCUT2D eigenvalue weighted by Gasteiger charge is 2.18. The summed E-state index contributed by atoms with van der Waals surface area (Å²) in [5.41, 5.74) is 0.759. The Bertz CT molecular complexity index is 275. The molecule has 1 aromatic heterocycles. The van der Waals surface area contributed by atoms with Crippen LogP contribution in [0.5, 0.6) is 0 Å². The van der Waals surface area contributed by atoms with Crippen LogP contribution in [0.3, 0.4) is 0 Å². The van der Waals surface area contributed by atoms with E-state index in [0.717, 1.165) is 22.8 Å². The van der Waals surface area contributed by atoms with E-state index in [2.05, 4.69) is 5.16 Å². The van der Waals surface area contributed by atoms with Gasteiger partial charge >= 0.3 is 0 Å². The fraction of sp³-hybridized carbons (Fsp3) is 0.400. The fourth-order valence-corrected chi connectivity index (χ4v) is 1.88. The second kappa shape index (κ2) is 1.67. The van der Waals surface area contributed by atoms with Crippen molar-refractivity contribution in [2.45, 2.75) is 11.5 Å². The molecule has 9 heavy (non-hydrogen) atoms. The number of hydrogen-bond acceptors (Lipinski definition) is 3. The maximum atomic E-state index is 10.7. The molecule has 0 aromatic carbocycles. The molecule has 1 aliphatic heterocycles. The zero-order valence-corrected chi connectivity index (χ0v) is 5.46. The van der Waals surface area contributed by atoms with E-state index in [1.165, 1.54) is 0 Å². The van der Waals surface area contributed by atoms with Gasteiger partial charge in [-0.25, -0.2) is 0 Å². The minimum atomic E-state index is -0.0602. The highest BCUT2D eigenvalue weighted by Crippen LogP contribution is 2.26. The molecule has 0 bridgehead atoms. The van der Waals surface area contributed by atoms with Crippen molar-refractivity contribution < 1.29 is 4.52 Å². The van der Waals surface area contributed by atoms with Crippen molar-refractivity contribution in [2.75, 3.05) is 0 Å². The number of thioether (sulfide) groups is 1. The summed E-state index contributed by atoms with van der Waals surface area (Å²) in [6.07, 6.45) is 0. The van der Waals surface area contributed by atoms with Gasteiger partial charge in [0.05, 0.1) is 11.3 Å². The summed E-state index contributed by atoms with van der Waals surface area (Å²) in [4.78, 5) is 10.7. The van der Waals surface area contributed by atoms with Crippen molar-refractivity contribution in [3.05, 3.63) is 21.7 Å². The van der Waals surface area contributed by atoms with Crippen LogP contribution in [0.4, 0.5) is 0 Å². The van der Waals surface area contributed by atoms with E-state index < -0.39 is 0 Å². The molecule has 0 saturated heterocycles. The van der Waals surface area contributed by atoms with Gasteiger partial charge in [-0.3, -0.25) is 4.79 Å². The van der Waals surface area contributed by atoms with Gasteiger partial charge in [-0.1, -0.05) is 0 Å². The van der Waals surface area contributed by atoms with Crippen molar-refractivity contribution in [1.82, 2.24) is 5.16 Å². The third kappa shape index (κ3) is 0.627. The minimum absolute atomic E-state index is 0.0602. The summed E-state index contributed by atoms with van der Waals surface area (Å²) in [6, 6.07) is 0. The molecule has 0 aliphatic carbocycles. The van der Waals surface area contributed by atoms with Crippen molar-refractivity contribution in [2.24, 2.45) is 0 Å². The quantitative estimate of drug-likeness (QED) is 0.582. The lowest BCUT2D eigenvalue weighted by molar-refractivity contribution is 0.390. The molecular formula is C5H5NO2S. The molecule has 3 nitrogen and oxygen atoms in total. The van der Waals surface area contributed by atoms with E-state index >= 15 is 0 Å². The third-order valence-electron chi connectivity index (χ3n) is 1.36. The SMILES string of the molecule is O=c1[nH]oc2c1CSC2. The van der Waals surface area contributed by atoms with Gasteiger partial charge in [0.25, 0.3) is 5.56 Å². The van der Waals surface area contributed by atoms with Crippen molar-refractivity contribution in [1.29, 1.82) is 0 Å². The average Bonchev–Trinajstić information content (AvgIpc) is 2.35. The average molecular weight is 143 g/mol. The van der Waals surface area contributed by atoms with Crippen LogP contribution in [0.1, 0.15) is 11.3 Å². The van der Waals surface area contributed by atoms with Gasteiger partial charge in [-0.15, -0.1) is 11.8 Å². The molecule has 0 unspecified atom stereocenters. The summed E-state index contributed by atoms with van der Waals surface area (Å²) in [5.74, 6) is 2.47. The summed E-state index contributed by atoms with van der Waals surface area (Å²) in [7, 11) is 0. The van der Waals surface area contributed by atoms with E-state index in [1.807, 2.05) is 0 Å². The molecule has 1 aromatic rings. The smallest absolute Gasteiger partial charge is 0.284 e. The first-order chi connectivity index (χ1) is 4.38. The Morgan fingerprint density at radius 1 is 1.56 bits per heavy atom. The molecule has 1 aliphatic rings. The lowest BCUT2D eigenvalue weighted by Gasteiger charge is -1.77. The Kier molecular flexibility index (Phi) is 0.958. The molecule has 1 N–H and O–H groups in total. The van der Waals surface area contributed by atoms with Gasteiger partial charge in [0.2, 0.25) is 0 Å². The molecule has 0 amide bonds. The largest absolute Gasteiger partial charge is 0.382 e. The highest BCUT2D eigenvalue weighted by molar-refractivity contribution is 7.98. The Morgan fingerprint density at radius 3 is 3.22 bits per heavy atom. The molecule has 0 radical (unpaired) electrons. The molecule has 2 rings (SSSR count). The molecular weight excluding hydrogens is 138 g/mol. The number of nitrogens with one attached hydrogen (secondary N) is 1. The minimum Gasteiger partial charge on any atom is -0.382 e. The van der Waals surface area contributed by atoms with Crippen LogP contribution in [-0.4, -0.2) is 5.16 Å². The van der Waals surface area contributed by atoms with Crippen molar-refractivity contribution in [3.8, 4) is 0 Å². The van der Waals surface area contributed by atoms with Crippen LogP contribution >= 0.6 is 11.8 Å². The van der Waals surface area contributed by atoms with Crippen molar-refractivity contribution >= 4 is 11.8 Å². The Balaban J connectivity index is 2.70. The van der Waals surface area contributed by atoms with E-state index in [1.54, 1.807) is 11.8 Å². The predicted molar refractivity (Wildman–Crippen MR) is 34.3 cm³/mol. The fourth-order valence-electron chi connectivity index (χ4n) is 0.866.